The molecule has 0 bridgehead atoms. The van der Waals surface area contributed by atoms with Crippen LogP contribution in [0.3, 0.4) is 0 Å². The number of hydrogen-bond donors (Lipinski definition) is 1. The quantitative estimate of drug-likeness (QED) is 0.676. The number of rotatable bonds is 4. The number of unbranched alkanes of at least 4 members (excludes halogenated alkanes) is 1. The predicted molar refractivity (Wildman–Crippen MR) is 71.0 cm³/mol. The van der Waals surface area contributed by atoms with Crippen molar-refractivity contribution in [2.24, 2.45) is 0 Å². The van der Waals surface area contributed by atoms with E-state index in [1.807, 2.05) is 6.92 Å². The smallest absolute Gasteiger partial charge is 0.424 e. The van der Waals surface area contributed by atoms with Gasteiger partial charge in [0.1, 0.15) is 10.3 Å². The number of carbonyl (C=O) groups excluding carboxylic acids is 1. The first-order valence-corrected chi connectivity index (χ1v) is 6.24. The molecule has 2 amide bonds. The summed E-state index contributed by atoms with van der Waals surface area (Å²) in [5.41, 5.74) is -0.0148. The third kappa shape index (κ3) is 4.57. The van der Waals surface area contributed by atoms with E-state index >= 15 is 0 Å². The van der Waals surface area contributed by atoms with Crippen molar-refractivity contribution in [3.63, 3.8) is 0 Å². The highest BCUT2D eigenvalue weighted by atomic mass is 35.5. The second-order valence-corrected chi connectivity index (χ2v) is 4.33. The Morgan fingerprint density at radius 3 is 2.42 bits per heavy atom. The van der Waals surface area contributed by atoms with Gasteiger partial charge >= 0.3 is 12.2 Å². The minimum absolute atomic E-state index is 0.0148. The Morgan fingerprint density at radius 1 is 1.37 bits per heavy atom. The summed E-state index contributed by atoms with van der Waals surface area (Å²) in [4.78, 5) is 26.9. The van der Waals surface area contributed by atoms with Crippen molar-refractivity contribution in [3.05, 3.63) is 22.4 Å². The molecule has 1 aromatic heterocycles. The first kappa shape index (κ1) is 15.5. The molecule has 19 heavy (non-hydrogen) atoms. The van der Waals surface area contributed by atoms with E-state index in [0.29, 0.717) is 11.3 Å². The summed E-state index contributed by atoms with van der Waals surface area (Å²) in [6, 6.07) is 2.42. The van der Waals surface area contributed by atoms with Crippen LogP contribution in [-0.4, -0.2) is 28.9 Å². The molecule has 0 atom stereocenters. The lowest BCUT2D eigenvalue weighted by Gasteiger charge is -2.17. The lowest BCUT2D eigenvalue weighted by Crippen LogP contribution is -2.36. The van der Waals surface area contributed by atoms with Gasteiger partial charge in [-0.2, -0.15) is 4.90 Å². The molecule has 0 aliphatic rings. The minimum Gasteiger partial charge on any atom is -0.464 e. The lowest BCUT2D eigenvalue weighted by molar-refractivity contribution is 0.147. The molecule has 0 saturated heterocycles. The number of nitrogens with zero attached hydrogens (tertiary/aromatic N) is 2. The maximum atomic E-state index is 11.7. The van der Waals surface area contributed by atoms with Crippen molar-refractivity contribution in [3.8, 4) is 0 Å². The molecule has 1 N–H and O–H groups in total. The zero-order valence-corrected chi connectivity index (χ0v) is 11.6. The second kappa shape index (κ2) is 7.16. The summed E-state index contributed by atoms with van der Waals surface area (Å²) in [6.45, 7) is 2.07. The van der Waals surface area contributed by atoms with Crippen LogP contribution in [0.15, 0.2) is 12.1 Å². The van der Waals surface area contributed by atoms with Crippen LogP contribution in [-0.2, 0) is 4.74 Å². The number of carboxylic acid groups (broad SMARTS) is 1. The van der Waals surface area contributed by atoms with Gasteiger partial charge in [-0.15, -0.1) is 0 Å². The van der Waals surface area contributed by atoms with Crippen molar-refractivity contribution in [2.45, 2.75) is 19.8 Å². The molecular weight excluding hydrogens is 295 g/mol. The molecule has 1 rings (SSSR count). The van der Waals surface area contributed by atoms with Gasteiger partial charge in [0.25, 0.3) is 0 Å². The molecule has 1 aromatic rings. The molecule has 0 aliphatic heterocycles. The minimum atomic E-state index is -1.49. The van der Waals surface area contributed by atoms with Gasteiger partial charge in [-0.3, -0.25) is 0 Å². The average Bonchev–Trinajstić information content (AvgIpc) is 2.27. The summed E-state index contributed by atoms with van der Waals surface area (Å²) in [5.74, 6) is 0. The number of ether oxygens (including phenoxy) is 1. The maximum absolute atomic E-state index is 11.7. The van der Waals surface area contributed by atoms with Crippen molar-refractivity contribution in [1.82, 2.24) is 4.98 Å². The number of amides is 2. The van der Waals surface area contributed by atoms with Crippen LogP contribution in [0.2, 0.25) is 10.3 Å². The van der Waals surface area contributed by atoms with E-state index < -0.39 is 12.2 Å². The highest BCUT2D eigenvalue weighted by Gasteiger charge is 2.25. The van der Waals surface area contributed by atoms with E-state index in [0.717, 1.165) is 6.42 Å². The van der Waals surface area contributed by atoms with Crippen LogP contribution in [0, 0.1) is 0 Å². The van der Waals surface area contributed by atoms with E-state index in [1.165, 1.54) is 12.1 Å². The summed E-state index contributed by atoms with van der Waals surface area (Å²) in [6.07, 6.45) is -1.01. The van der Waals surface area contributed by atoms with Crippen LogP contribution in [0.5, 0.6) is 0 Å². The number of anilines is 1. The molecular formula is C11H12Cl2N2O4. The van der Waals surface area contributed by atoms with E-state index in [9.17, 15) is 9.59 Å². The fourth-order valence-corrected chi connectivity index (χ4v) is 1.69. The van der Waals surface area contributed by atoms with Crippen LogP contribution in [0.1, 0.15) is 19.8 Å². The molecule has 0 unspecified atom stereocenters. The number of aromatic nitrogens is 1. The topological polar surface area (TPSA) is 79.7 Å². The van der Waals surface area contributed by atoms with Gasteiger partial charge in [0.05, 0.1) is 12.3 Å². The van der Waals surface area contributed by atoms with E-state index in [1.54, 1.807) is 0 Å². The molecule has 0 radical (unpaired) electrons. The van der Waals surface area contributed by atoms with Gasteiger partial charge < -0.3 is 9.84 Å². The van der Waals surface area contributed by atoms with Crippen LogP contribution in [0.4, 0.5) is 15.3 Å². The van der Waals surface area contributed by atoms with Gasteiger partial charge in [-0.25, -0.2) is 14.6 Å². The fraction of sp³-hybridized carbons (Fsp3) is 0.364. The molecule has 6 nitrogen and oxygen atoms in total. The van der Waals surface area contributed by atoms with Crippen molar-refractivity contribution in [1.29, 1.82) is 0 Å². The highest BCUT2D eigenvalue weighted by Crippen LogP contribution is 2.23. The normalized spacial score (nSPS) is 10.1. The standard InChI is InChI=1S/C11H12Cl2N2O4/c1-2-3-4-19-11(18)15(10(16)17)7-5-8(12)14-9(13)6-7/h5-6H,2-4H2,1H3,(H,16,17). The zero-order chi connectivity index (χ0) is 14.4. The monoisotopic (exact) mass is 306 g/mol. The van der Waals surface area contributed by atoms with Crippen LogP contribution >= 0.6 is 23.2 Å². The third-order valence-corrected chi connectivity index (χ3v) is 2.49. The average molecular weight is 307 g/mol. The number of pyridine rings is 1. The number of halogens is 2. The van der Waals surface area contributed by atoms with Gasteiger partial charge in [-0.05, 0) is 6.42 Å². The Morgan fingerprint density at radius 2 is 1.95 bits per heavy atom. The van der Waals surface area contributed by atoms with E-state index in [4.69, 9.17) is 33.0 Å². The third-order valence-electron chi connectivity index (χ3n) is 2.10. The molecule has 0 saturated carbocycles. The Labute approximate surface area is 119 Å². The molecule has 1 heterocycles. The molecule has 0 fully saturated rings. The number of carbonyl (C=O) groups is 2. The Hall–Kier alpha value is -1.53. The zero-order valence-electron chi connectivity index (χ0n) is 10.1. The van der Waals surface area contributed by atoms with E-state index in [-0.39, 0.29) is 22.6 Å². The van der Waals surface area contributed by atoms with Gasteiger partial charge in [0.2, 0.25) is 0 Å². The van der Waals surface area contributed by atoms with E-state index in [2.05, 4.69) is 4.98 Å². The summed E-state index contributed by atoms with van der Waals surface area (Å²) < 4.78 is 4.84. The highest BCUT2D eigenvalue weighted by molar-refractivity contribution is 6.33. The Kier molecular flexibility index (Phi) is 5.85. The second-order valence-electron chi connectivity index (χ2n) is 3.56. The molecule has 0 aromatic carbocycles. The first-order valence-electron chi connectivity index (χ1n) is 5.48. The van der Waals surface area contributed by atoms with Crippen LogP contribution in [0.25, 0.3) is 0 Å². The number of imide groups is 1. The SMILES string of the molecule is CCCCOC(=O)N(C(=O)O)c1cc(Cl)nc(Cl)c1. The predicted octanol–water partition coefficient (Wildman–Crippen LogP) is 3.81. The van der Waals surface area contributed by atoms with Gasteiger partial charge in [0, 0.05) is 12.1 Å². The lowest BCUT2D eigenvalue weighted by atomic mass is 10.3. The first-order chi connectivity index (χ1) is 8.95. The Balaban J connectivity index is 2.93. The molecule has 0 spiro atoms. The van der Waals surface area contributed by atoms with Crippen molar-refractivity contribution < 1.29 is 19.4 Å². The summed E-state index contributed by atoms with van der Waals surface area (Å²) in [5, 5.41) is 9.02. The molecule has 0 aliphatic carbocycles. The Bertz CT molecular complexity index is 462. The maximum Gasteiger partial charge on any atom is 0.424 e. The van der Waals surface area contributed by atoms with Gasteiger partial charge in [-0.1, -0.05) is 36.5 Å². The molecule has 104 valence electrons. The summed E-state index contributed by atoms with van der Waals surface area (Å²) >= 11 is 11.3. The number of hydrogen-bond acceptors (Lipinski definition) is 4. The van der Waals surface area contributed by atoms with Crippen molar-refractivity contribution >= 4 is 41.1 Å². The largest absolute Gasteiger partial charge is 0.464 e. The van der Waals surface area contributed by atoms with Crippen molar-refractivity contribution in [2.75, 3.05) is 11.5 Å². The summed E-state index contributed by atoms with van der Waals surface area (Å²) in [7, 11) is 0. The van der Waals surface area contributed by atoms with Crippen LogP contribution < -0.4 is 4.90 Å². The molecule has 8 heteroatoms. The fourth-order valence-electron chi connectivity index (χ4n) is 1.24. The van der Waals surface area contributed by atoms with Gasteiger partial charge in [0.15, 0.2) is 0 Å².